The highest BCUT2D eigenvalue weighted by Gasteiger charge is 2.33. The lowest BCUT2D eigenvalue weighted by molar-refractivity contribution is 0.0744. The highest BCUT2D eigenvalue weighted by Crippen LogP contribution is 2.29. The minimum Gasteiger partial charge on any atom is -0.384 e. The molecule has 0 bridgehead atoms. The van der Waals surface area contributed by atoms with E-state index in [1.807, 2.05) is 29.2 Å². The lowest BCUT2D eigenvalue weighted by Crippen LogP contribution is -2.34. The summed E-state index contributed by atoms with van der Waals surface area (Å²) in [5.74, 6) is 0.184. The molecule has 104 valence electrons. The molecule has 2 rings (SSSR count). The van der Waals surface area contributed by atoms with Crippen LogP contribution in [0.5, 0.6) is 0 Å². The topological polar surface area (TPSA) is 32.3 Å². The predicted octanol–water partition coefficient (Wildman–Crippen LogP) is 3.52. The van der Waals surface area contributed by atoms with Crippen molar-refractivity contribution < 1.29 is 4.79 Å². The Bertz CT molecular complexity index is 427. The number of rotatable bonds is 7. The van der Waals surface area contributed by atoms with Crippen LogP contribution >= 0.6 is 0 Å². The van der Waals surface area contributed by atoms with E-state index in [1.54, 1.807) is 0 Å². The number of amides is 1. The van der Waals surface area contributed by atoms with Crippen LogP contribution in [0.1, 0.15) is 49.9 Å². The summed E-state index contributed by atoms with van der Waals surface area (Å²) in [5, 5.41) is 3.35. The van der Waals surface area contributed by atoms with Crippen LogP contribution in [-0.2, 0) is 0 Å². The maximum Gasteiger partial charge on any atom is 0.256 e. The molecular weight excluding hydrogens is 236 g/mol. The lowest BCUT2D eigenvalue weighted by atomic mass is 10.1. The van der Waals surface area contributed by atoms with Crippen molar-refractivity contribution in [2.75, 3.05) is 18.4 Å². The van der Waals surface area contributed by atoms with E-state index in [-0.39, 0.29) is 5.91 Å². The van der Waals surface area contributed by atoms with Crippen molar-refractivity contribution in [2.45, 2.75) is 45.6 Å². The average molecular weight is 260 g/mol. The zero-order valence-corrected chi connectivity index (χ0v) is 12.0. The summed E-state index contributed by atoms with van der Waals surface area (Å²) in [7, 11) is 0. The standard InChI is InChI=1S/C16H24N2O/c1-3-11-17-15-8-6-5-7-14(15)16(19)18(12-4-2)13-9-10-13/h5-8,13,17H,3-4,9-12H2,1-2H3. The Morgan fingerprint density at radius 1 is 1.26 bits per heavy atom. The van der Waals surface area contributed by atoms with Crippen molar-refractivity contribution in [1.82, 2.24) is 4.90 Å². The molecule has 3 nitrogen and oxygen atoms in total. The van der Waals surface area contributed by atoms with Crippen molar-refractivity contribution in [2.24, 2.45) is 0 Å². The molecule has 1 aliphatic carbocycles. The third-order valence-corrected chi connectivity index (χ3v) is 3.44. The van der Waals surface area contributed by atoms with Gasteiger partial charge in [-0.25, -0.2) is 0 Å². The second kappa shape index (κ2) is 6.60. The number of hydrogen-bond donors (Lipinski definition) is 1. The Kier molecular flexibility index (Phi) is 4.83. The fourth-order valence-corrected chi connectivity index (χ4v) is 2.32. The molecule has 0 aliphatic heterocycles. The van der Waals surface area contributed by atoms with Crippen molar-refractivity contribution >= 4 is 11.6 Å². The van der Waals surface area contributed by atoms with E-state index in [2.05, 4.69) is 19.2 Å². The monoisotopic (exact) mass is 260 g/mol. The number of para-hydroxylation sites is 1. The van der Waals surface area contributed by atoms with Gasteiger partial charge in [0.15, 0.2) is 0 Å². The van der Waals surface area contributed by atoms with Crippen LogP contribution in [0.3, 0.4) is 0 Å². The van der Waals surface area contributed by atoms with E-state index in [0.29, 0.717) is 6.04 Å². The van der Waals surface area contributed by atoms with E-state index in [9.17, 15) is 4.79 Å². The van der Waals surface area contributed by atoms with Gasteiger partial charge in [-0.1, -0.05) is 26.0 Å². The van der Waals surface area contributed by atoms with Crippen LogP contribution in [0.2, 0.25) is 0 Å². The maximum atomic E-state index is 12.7. The van der Waals surface area contributed by atoms with Gasteiger partial charge in [-0.3, -0.25) is 4.79 Å². The molecule has 1 saturated carbocycles. The highest BCUT2D eigenvalue weighted by atomic mass is 16.2. The van der Waals surface area contributed by atoms with Gasteiger partial charge in [-0.15, -0.1) is 0 Å². The SMILES string of the molecule is CCCNc1ccccc1C(=O)N(CCC)C1CC1. The Morgan fingerprint density at radius 3 is 2.63 bits per heavy atom. The Morgan fingerprint density at radius 2 is 2.00 bits per heavy atom. The molecule has 1 aromatic rings. The number of nitrogens with zero attached hydrogens (tertiary/aromatic N) is 1. The number of carbonyl (C=O) groups excluding carboxylic acids is 1. The molecule has 3 heteroatoms. The molecule has 0 aromatic heterocycles. The fraction of sp³-hybridized carbons (Fsp3) is 0.562. The molecule has 0 spiro atoms. The Hall–Kier alpha value is -1.51. The summed E-state index contributed by atoms with van der Waals surface area (Å²) in [6.45, 7) is 6.03. The van der Waals surface area contributed by atoms with Crippen LogP contribution in [0.15, 0.2) is 24.3 Å². The summed E-state index contributed by atoms with van der Waals surface area (Å²) in [4.78, 5) is 14.7. The first-order chi connectivity index (χ1) is 9.27. The molecule has 0 heterocycles. The Labute approximate surface area is 116 Å². The summed E-state index contributed by atoms with van der Waals surface area (Å²) < 4.78 is 0. The first-order valence-corrected chi connectivity index (χ1v) is 7.41. The Balaban J connectivity index is 2.16. The molecule has 0 atom stereocenters. The number of benzene rings is 1. The van der Waals surface area contributed by atoms with E-state index in [0.717, 1.165) is 50.0 Å². The van der Waals surface area contributed by atoms with Crippen LogP contribution in [0.4, 0.5) is 5.69 Å². The molecule has 0 radical (unpaired) electrons. The molecule has 0 unspecified atom stereocenters. The van der Waals surface area contributed by atoms with E-state index < -0.39 is 0 Å². The smallest absolute Gasteiger partial charge is 0.256 e. The zero-order valence-electron chi connectivity index (χ0n) is 12.0. The second-order valence-corrected chi connectivity index (χ2v) is 5.20. The van der Waals surface area contributed by atoms with Gasteiger partial charge < -0.3 is 10.2 Å². The normalized spacial score (nSPS) is 14.2. The van der Waals surface area contributed by atoms with Crippen molar-refractivity contribution in [1.29, 1.82) is 0 Å². The largest absolute Gasteiger partial charge is 0.384 e. The van der Waals surface area contributed by atoms with Gasteiger partial charge in [0.2, 0.25) is 0 Å². The van der Waals surface area contributed by atoms with E-state index >= 15 is 0 Å². The summed E-state index contributed by atoms with van der Waals surface area (Å²) in [6.07, 6.45) is 4.41. The lowest BCUT2D eigenvalue weighted by Gasteiger charge is -2.23. The molecule has 0 saturated heterocycles. The van der Waals surface area contributed by atoms with Gasteiger partial charge in [0, 0.05) is 24.8 Å². The number of hydrogen-bond acceptors (Lipinski definition) is 2. The maximum absolute atomic E-state index is 12.7. The number of nitrogens with one attached hydrogen (secondary N) is 1. The fourth-order valence-electron chi connectivity index (χ4n) is 2.32. The van der Waals surface area contributed by atoms with Gasteiger partial charge in [0.05, 0.1) is 5.56 Å². The third kappa shape index (κ3) is 3.49. The molecule has 1 amide bonds. The minimum absolute atomic E-state index is 0.184. The van der Waals surface area contributed by atoms with Crippen molar-refractivity contribution in [3.05, 3.63) is 29.8 Å². The second-order valence-electron chi connectivity index (χ2n) is 5.20. The van der Waals surface area contributed by atoms with Crippen molar-refractivity contribution in [3.63, 3.8) is 0 Å². The molecular formula is C16H24N2O. The summed E-state index contributed by atoms with van der Waals surface area (Å²) in [5.41, 5.74) is 1.78. The van der Waals surface area contributed by atoms with Crippen LogP contribution in [0.25, 0.3) is 0 Å². The first kappa shape index (κ1) is 13.9. The number of anilines is 1. The summed E-state index contributed by atoms with van der Waals surface area (Å²) in [6, 6.07) is 8.34. The van der Waals surface area contributed by atoms with Crippen LogP contribution in [0, 0.1) is 0 Å². The summed E-state index contributed by atoms with van der Waals surface area (Å²) >= 11 is 0. The number of carbonyl (C=O) groups is 1. The molecule has 1 N–H and O–H groups in total. The average Bonchev–Trinajstić information content (AvgIpc) is 3.26. The highest BCUT2D eigenvalue weighted by molar-refractivity contribution is 5.99. The zero-order chi connectivity index (χ0) is 13.7. The van der Waals surface area contributed by atoms with Gasteiger partial charge in [-0.2, -0.15) is 0 Å². The van der Waals surface area contributed by atoms with Gasteiger partial charge >= 0.3 is 0 Å². The quantitative estimate of drug-likeness (QED) is 0.813. The van der Waals surface area contributed by atoms with Gasteiger partial charge in [-0.05, 0) is 37.8 Å². The molecule has 1 aliphatic rings. The van der Waals surface area contributed by atoms with Crippen molar-refractivity contribution in [3.8, 4) is 0 Å². The first-order valence-electron chi connectivity index (χ1n) is 7.41. The van der Waals surface area contributed by atoms with E-state index in [4.69, 9.17) is 0 Å². The predicted molar refractivity (Wildman–Crippen MR) is 79.6 cm³/mol. The van der Waals surface area contributed by atoms with E-state index in [1.165, 1.54) is 0 Å². The molecule has 1 fully saturated rings. The van der Waals surface area contributed by atoms with Gasteiger partial charge in [0.25, 0.3) is 5.91 Å². The third-order valence-electron chi connectivity index (χ3n) is 3.44. The molecule has 19 heavy (non-hydrogen) atoms. The van der Waals surface area contributed by atoms with Crippen LogP contribution in [-0.4, -0.2) is 29.9 Å². The molecule has 1 aromatic carbocycles. The van der Waals surface area contributed by atoms with Crippen LogP contribution < -0.4 is 5.32 Å². The van der Waals surface area contributed by atoms with Gasteiger partial charge in [0.1, 0.15) is 0 Å². The minimum atomic E-state index is 0.184.